The second kappa shape index (κ2) is 6.29. The molecule has 0 unspecified atom stereocenters. The van der Waals surface area contributed by atoms with E-state index in [0.717, 1.165) is 0 Å². The Morgan fingerprint density at radius 1 is 1.50 bits per heavy atom. The molecule has 0 aliphatic carbocycles. The van der Waals surface area contributed by atoms with E-state index in [2.05, 4.69) is 20.9 Å². The number of nitrogens with zero attached hydrogens (tertiary/aromatic N) is 1. The third kappa shape index (κ3) is 4.73. The van der Waals surface area contributed by atoms with Crippen LogP contribution in [0.15, 0.2) is 27.8 Å². The van der Waals surface area contributed by atoms with Crippen molar-refractivity contribution in [2.24, 2.45) is 5.92 Å². The summed E-state index contributed by atoms with van der Waals surface area (Å²) in [5.74, 6) is -0.159. The number of halogens is 1. The molecule has 100 valence electrons. The summed E-state index contributed by atoms with van der Waals surface area (Å²) < 4.78 is 26.2. The van der Waals surface area contributed by atoms with Crippen LogP contribution in [0.4, 0.5) is 0 Å². The van der Waals surface area contributed by atoms with Gasteiger partial charge in [0.1, 0.15) is 0 Å². The van der Waals surface area contributed by atoms with Gasteiger partial charge in [-0.1, -0.05) is 29.8 Å². The fourth-order valence-corrected chi connectivity index (χ4v) is 2.68. The van der Waals surface area contributed by atoms with E-state index in [4.69, 9.17) is 0 Å². The molecule has 0 aliphatic heterocycles. The maximum absolute atomic E-state index is 11.8. The minimum absolute atomic E-state index is 0.172. The summed E-state index contributed by atoms with van der Waals surface area (Å²) in [6.07, 6.45) is 2.19. The van der Waals surface area contributed by atoms with Gasteiger partial charge in [-0.2, -0.15) is 8.42 Å². The number of amides is 1. The molecule has 0 saturated carbocycles. The molecule has 1 amide bonds. The van der Waals surface area contributed by atoms with Gasteiger partial charge in [0.15, 0.2) is 5.03 Å². The average Bonchev–Trinajstić information content (AvgIpc) is 2.26. The first-order valence-electron chi connectivity index (χ1n) is 5.48. The van der Waals surface area contributed by atoms with Crippen LogP contribution in [0.25, 0.3) is 0 Å². The highest BCUT2D eigenvalue weighted by Crippen LogP contribution is 2.13. The van der Waals surface area contributed by atoms with Crippen LogP contribution in [0.3, 0.4) is 0 Å². The highest BCUT2D eigenvalue weighted by Gasteiger charge is 2.19. The van der Waals surface area contributed by atoms with Gasteiger partial charge in [0.2, 0.25) is 5.91 Å². The molecule has 1 aromatic heterocycles. The third-order valence-corrected chi connectivity index (χ3v) is 3.93. The van der Waals surface area contributed by atoms with Crippen molar-refractivity contribution in [2.75, 3.05) is 0 Å². The summed E-state index contributed by atoms with van der Waals surface area (Å²) in [6.45, 7) is 3.94. The van der Waals surface area contributed by atoms with E-state index in [1.54, 1.807) is 6.07 Å². The molecule has 1 aromatic rings. The van der Waals surface area contributed by atoms with Gasteiger partial charge in [0, 0.05) is 17.1 Å². The average molecular weight is 335 g/mol. The third-order valence-electron chi connectivity index (χ3n) is 2.17. The predicted octanol–water partition coefficient (Wildman–Crippen LogP) is 2.09. The van der Waals surface area contributed by atoms with Crippen LogP contribution in [-0.2, 0) is 14.8 Å². The van der Waals surface area contributed by atoms with E-state index in [1.807, 2.05) is 18.6 Å². The summed E-state index contributed by atoms with van der Waals surface area (Å²) in [5.41, 5.74) is 0. The molecule has 1 heterocycles. The zero-order valence-electron chi connectivity index (χ0n) is 10.2. The Kier molecular flexibility index (Phi) is 5.28. The van der Waals surface area contributed by atoms with E-state index in [-0.39, 0.29) is 11.4 Å². The van der Waals surface area contributed by atoms with Crippen LogP contribution in [0, 0.1) is 5.92 Å². The van der Waals surface area contributed by atoms with Crippen molar-refractivity contribution in [2.45, 2.75) is 31.7 Å². The van der Waals surface area contributed by atoms with Crippen molar-refractivity contribution in [3.8, 4) is 0 Å². The molecule has 0 aliphatic rings. The summed E-state index contributed by atoms with van der Waals surface area (Å²) in [5, 5.41) is -0.172. The number of pyridine rings is 1. The van der Waals surface area contributed by atoms with Gasteiger partial charge in [-0.3, -0.25) is 4.79 Å². The van der Waals surface area contributed by atoms with E-state index in [9.17, 15) is 13.2 Å². The second-order valence-corrected chi connectivity index (χ2v) is 6.82. The molecule has 0 fully saturated rings. The molecule has 1 N–H and O–H groups in total. The van der Waals surface area contributed by atoms with Crippen molar-refractivity contribution < 1.29 is 13.2 Å². The molecular weight excluding hydrogens is 320 g/mol. The smallest absolute Gasteiger partial charge is 0.274 e. The normalized spacial score (nSPS) is 11.6. The molecule has 1 rings (SSSR count). The minimum Gasteiger partial charge on any atom is -0.274 e. The highest BCUT2D eigenvalue weighted by atomic mass is 79.9. The molecule has 0 atom stereocenters. The fraction of sp³-hybridized carbons (Fsp3) is 0.455. The van der Waals surface area contributed by atoms with Crippen LogP contribution in [-0.4, -0.2) is 19.3 Å². The van der Waals surface area contributed by atoms with Crippen molar-refractivity contribution in [1.82, 2.24) is 9.71 Å². The van der Waals surface area contributed by atoms with E-state index < -0.39 is 15.9 Å². The Labute approximate surface area is 115 Å². The van der Waals surface area contributed by atoms with Crippen LogP contribution < -0.4 is 4.72 Å². The van der Waals surface area contributed by atoms with Crippen molar-refractivity contribution >= 4 is 31.9 Å². The number of hydrogen-bond donors (Lipinski definition) is 1. The summed E-state index contributed by atoms with van der Waals surface area (Å²) in [6, 6.07) is 2.96. The van der Waals surface area contributed by atoms with E-state index >= 15 is 0 Å². The number of rotatable bonds is 5. The van der Waals surface area contributed by atoms with Gasteiger partial charge in [-0.05, 0) is 24.5 Å². The molecule has 0 radical (unpaired) electrons. The van der Waals surface area contributed by atoms with Crippen LogP contribution in [0.2, 0.25) is 0 Å². The quantitative estimate of drug-likeness (QED) is 0.894. The second-order valence-electron chi connectivity index (χ2n) is 4.27. The first kappa shape index (κ1) is 15.1. The monoisotopic (exact) mass is 334 g/mol. The number of aromatic nitrogens is 1. The lowest BCUT2D eigenvalue weighted by Gasteiger charge is -2.07. The maximum Gasteiger partial charge on any atom is 0.281 e. The molecule has 0 spiro atoms. The number of carbonyl (C=O) groups excluding carboxylic acids is 1. The highest BCUT2D eigenvalue weighted by molar-refractivity contribution is 9.10. The first-order valence-corrected chi connectivity index (χ1v) is 7.76. The lowest BCUT2D eigenvalue weighted by Crippen LogP contribution is -2.31. The first-order chi connectivity index (χ1) is 8.31. The molecule has 7 heteroatoms. The lowest BCUT2D eigenvalue weighted by atomic mass is 10.1. The zero-order valence-corrected chi connectivity index (χ0v) is 12.6. The number of hydrogen-bond acceptors (Lipinski definition) is 4. The zero-order chi connectivity index (χ0) is 13.8. The van der Waals surface area contributed by atoms with Crippen molar-refractivity contribution in [1.29, 1.82) is 0 Å². The summed E-state index contributed by atoms with van der Waals surface area (Å²) in [4.78, 5) is 15.2. The van der Waals surface area contributed by atoms with E-state index in [1.165, 1.54) is 12.3 Å². The van der Waals surface area contributed by atoms with Gasteiger partial charge in [0.05, 0.1) is 0 Å². The molecule has 0 aromatic carbocycles. The molecule has 0 saturated heterocycles. The summed E-state index contributed by atoms with van der Waals surface area (Å²) >= 11 is 3.15. The lowest BCUT2D eigenvalue weighted by molar-refractivity contribution is -0.119. The number of carbonyl (C=O) groups is 1. The number of nitrogens with one attached hydrogen (secondary N) is 1. The molecular formula is C11H15BrN2O3S. The van der Waals surface area contributed by atoms with E-state index in [0.29, 0.717) is 16.8 Å². The largest absolute Gasteiger partial charge is 0.281 e. The Hall–Kier alpha value is -0.950. The number of sulfonamides is 1. The van der Waals surface area contributed by atoms with Crippen LogP contribution in [0.1, 0.15) is 26.7 Å². The fourth-order valence-electron chi connectivity index (χ4n) is 1.21. The predicted molar refractivity (Wildman–Crippen MR) is 71.3 cm³/mol. The molecule has 5 nitrogen and oxygen atoms in total. The Balaban J connectivity index is 2.74. The van der Waals surface area contributed by atoms with Crippen molar-refractivity contribution in [3.05, 3.63) is 22.8 Å². The summed E-state index contributed by atoms with van der Waals surface area (Å²) in [7, 11) is -3.87. The maximum atomic E-state index is 11.8. The van der Waals surface area contributed by atoms with Crippen molar-refractivity contribution in [3.63, 3.8) is 0 Å². The van der Waals surface area contributed by atoms with Gasteiger partial charge < -0.3 is 0 Å². The Bertz CT molecular complexity index is 529. The SMILES string of the molecule is CC(C)CCC(=O)NS(=O)(=O)c1cc(Br)ccn1. The van der Waals surface area contributed by atoms with Gasteiger partial charge in [-0.25, -0.2) is 9.71 Å². The standard InChI is InChI=1S/C11H15BrN2O3S/c1-8(2)3-4-10(15)14-18(16,17)11-7-9(12)5-6-13-11/h5-8H,3-4H2,1-2H3,(H,14,15). The van der Waals surface area contributed by atoms with Crippen LogP contribution in [0.5, 0.6) is 0 Å². The van der Waals surface area contributed by atoms with Gasteiger partial charge in [0.25, 0.3) is 10.0 Å². The molecule has 0 bridgehead atoms. The Morgan fingerprint density at radius 2 is 2.17 bits per heavy atom. The van der Waals surface area contributed by atoms with Crippen LogP contribution >= 0.6 is 15.9 Å². The topological polar surface area (TPSA) is 76.1 Å². The minimum atomic E-state index is -3.87. The molecule has 18 heavy (non-hydrogen) atoms. The van der Waals surface area contributed by atoms with Gasteiger partial charge >= 0.3 is 0 Å². The van der Waals surface area contributed by atoms with Gasteiger partial charge in [-0.15, -0.1) is 0 Å². The Morgan fingerprint density at radius 3 is 2.72 bits per heavy atom.